The average molecular weight is 269 g/mol. The Morgan fingerprint density at radius 2 is 2.11 bits per heavy atom. The van der Waals surface area contributed by atoms with Gasteiger partial charge in [-0.1, -0.05) is 11.6 Å². The fraction of sp³-hybridized carbons (Fsp3) is 0.571. The van der Waals surface area contributed by atoms with Crippen LogP contribution in [0.4, 0.5) is 0 Å². The smallest absolute Gasteiger partial charge is 0.124 e. The van der Waals surface area contributed by atoms with E-state index in [1.807, 2.05) is 25.1 Å². The van der Waals surface area contributed by atoms with Crippen LogP contribution in [0.15, 0.2) is 18.2 Å². The Kier molecular flexibility index (Phi) is 7.43. The van der Waals surface area contributed by atoms with Crippen LogP contribution in [0.3, 0.4) is 0 Å². The van der Waals surface area contributed by atoms with E-state index in [9.17, 15) is 5.11 Å². The average Bonchev–Trinajstić information content (AvgIpc) is 2.42. The highest BCUT2D eigenvalue weighted by molar-refractivity contribution is 5.38. The summed E-state index contributed by atoms with van der Waals surface area (Å²) < 4.78 is 10.4. The molecule has 0 aliphatic carbocycles. The van der Waals surface area contributed by atoms with Gasteiger partial charge in [0.05, 0.1) is 33.0 Å². The zero-order valence-corrected chi connectivity index (χ0v) is 11.6. The van der Waals surface area contributed by atoms with Crippen molar-refractivity contribution in [2.75, 3.05) is 40.0 Å². The summed E-state index contributed by atoms with van der Waals surface area (Å²) in [5, 5.41) is 21.8. The van der Waals surface area contributed by atoms with Crippen molar-refractivity contribution >= 4 is 0 Å². The number of methoxy groups -OCH3 is 1. The molecule has 0 fully saturated rings. The molecular formula is C14H23NO4. The summed E-state index contributed by atoms with van der Waals surface area (Å²) in [6.45, 7) is 3.93. The number of aliphatic hydroxyl groups is 2. The first kappa shape index (κ1) is 15.9. The SMILES string of the molecule is COc1ccc(C)cc1C(O)CNCCOCCO. The molecule has 0 aliphatic rings. The number of hydrogen-bond acceptors (Lipinski definition) is 5. The van der Waals surface area contributed by atoms with E-state index in [1.165, 1.54) is 0 Å². The third-order valence-electron chi connectivity index (χ3n) is 2.74. The summed E-state index contributed by atoms with van der Waals surface area (Å²) >= 11 is 0. The second-order valence-electron chi connectivity index (χ2n) is 4.30. The molecule has 3 N–H and O–H groups in total. The van der Waals surface area contributed by atoms with Crippen molar-refractivity contribution in [1.29, 1.82) is 0 Å². The van der Waals surface area contributed by atoms with Gasteiger partial charge in [-0.25, -0.2) is 0 Å². The molecule has 0 saturated carbocycles. The van der Waals surface area contributed by atoms with Gasteiger partial charge in [-0.2, -0.15) is 0 Å². The maximum absolute atomic E-state index is 10.1. The molecule has 0 amide bonds. The van der Waals surface area contributed by atoms with Crippen molar-refractivity contribution < 1.29 is 19.7 Å². The third-order valence-corrected chi connectivity index (χ3v) is 2.74. The highest BCUT2D eigenvalue weighted by Crippen LogP contribution is 2.25. The summed E-state index contributed by atoms with van der Waals surface area (Å²) in [6, 6.07) is 5.73. The van der Waals surface area contributed by atoms with E-state index in [0.29, 0.717) is 32.1 Å². The molecule has 1 atom stereocenters. The number of hydrogen-bond donors (Lipinski definition) is 3. The highest BCUT2D eigenvalue weighted by atomic mass is 16.5. The summed E-state index contributed by atoms with van der Waals surface area (Å²) in [6.07, 6.45) is -0.618. The zero-order valence-electron chi connectivity index (χ0n) is 11.6. The van der Waals surface area contributed by atoms with Gasteiger partial charge in [-0.15, -0.1) is 0 Å². The lowest BCUT2D eigenvalue weighted by atomic mass is 10.1. The van der Waals surface area contributed by atoms with Gasteiger partial charge in [0.25, 0.3) is 0 Å². The molecule has 5 nitrogen and oxygen atoms in total. The van der Waals surface area contributed by atoms with Crippen LogP contribution in [0.25, 0.3) is 0 Å². The lowest BCUT2D eigenvalue weighted by molar-refractivity contribution is 0.0909. The molecule has 108 valence electrons. The third kappa shape index (κ3) is 5.57. The Morgan fingerprint density at radius 3 is 2.79 bits per heavy atom. The maximum atomic E-state index is 10.1. The summed E-state index contributed by atoms with van der Waals surface area (Å²) in [5.41, 5.74) is 1.87. The highest BCUT2D eigenvalue weighted by Gasteiger charge is 2.12. The molecule has 0 aliphatic heterocycles. The Labute approximate surface area is 114 Å². The van der Waals surface area contributed by atoms with Gasteiger partial charge in [-0.05, 0) is 19.1 Å². The summed E-state index contributed by atoms with van der Waals surface area (Å²) in [4.78, 5) is 0. The van der Waals surface area contributed by atoms with Crippen LogP contribution < -0.4 is 10.1 Å². The molecule has 0 radical (unpaired) electrons. The minimum atomic E-state index is -0.618. The van der Waals surface area contributed by atoms with Crippen molar-refractivity contribution in [3.8, 4) is 5.75 Å². The van der Waals surface area contributed by atoms with Crippen molar-refractivity contribution in [2.24, 2.45) is 0 Å². The van der Waals surface area contributed by atoms with Gasteiger partial charge in [0.2, 0.25) is 0 Å². The summed E-state index contributed by atoms with van der Waals surface area (Å²) in [7, 11) is 1.59. The predicted octanol–water partition coefficient (Wildman–Crippen LogP) is 0.636. The van der Waals surface area contributed by atoms with Crippen molar-refractivity contribution in [2.45, 2.75) is 13.0 Å². The second kappa shape index (κ2) is 8.87. The standard InChI is InChI=1S/C14H23NO4/c1-11-3-4-14(18-2)12(9-11)13(17)10-15-5-7-19-8-6-16/h3-4,9,13,15-17H,5-8,10H2,1-2H3. The van der Waals surface area contributed by atoms with Gasteiger partial charge in [-0.3, -0.25) is 0 Å². The van der Waals surface area contributed by atoms with Crippen LogP contribution in [-0.2, 0) is 4.74 Å². The Bertz CT molecular complexity index is 370. The predicted molar refractivity (Wildman–Crippen MR) is 73.5 cm³/mol. The van der Waals surface area contributed by atoms with Gasteiger partial charge < -0.3 is 25.0 Å². The van der Waals surface area contributed by atoms with Crippen molar-refractivity contribution in [3.63, 3.8) is 0 Å². The van der Waals surface area contributed by atoms with Gasteiger partial charge in [0.15, 0.2) is 0 Å². The minimum absolute atomic E-state index is 0.0309. The van der Waals surface area contributed by atoms with E-state index < -0.39 is 6.10 Å². The number of benzene rings is 1. The lowest BCUT2D eigenvalue weighted by Crippen LogP contribution is -2.26. The maximum Gasteiger partial charge on any atom is 0.124 e. The quantitative estimate of drug-likeness (QED) is 0.574. The molecule has 19 heavy (non-hydrogen) atoms. The number of rotatable bonds is 9. The Hall–Kier alpha value is -1.14. The van der Waals surface area contributed by atoms with Crippen LogP contribution in [-0.4, -0.2) is 50.2 Å². The van der Waals surface area contributed by atoms with E-state index in [4.69, 9.17) is 14.6 Å². The molecule has 1 aromatic rings. The van der Waals surface area contributed by atoms with E-state index in [1.54, 1.807) is 7.11 Å². The fourth-order valence-electron chi connectivity index (χ4n) is 1.77. The van der Waals surface area contributed by atoms with E-state index in [2.05, 4.69) is 5.32 Å². The number of nitrogens with one attached hydrogen (secondary N) is 1. The fourth-order valence-corrected chi connectivity index (χ4v) is 1.77. The van der Waals surface area contributed by atoms with E-state index in [-0.39, 0.29) is 6.61 Å². The number of ether oxygens (including phenoxy) is 2. The van der Waals surface area contributed by atoms with Crippen LogP contribution in [0.1, 0.15) is 17.2 Å². The van der Waals surface area contributed by atoms with Crippen LogP contribution in [0.5, 0.6) is 5.75 Å². The molecule has 0 saturated heterocycles. The first-order chi connectivity index (χ1) is 9.19. The monoisotopic (exact) mass is 269 g/mol. The second-order valence-corrected chi connectivity index (χ2v) is 4.30. The first-order valence-electron chi connectivity index (χ1n) is 6.41. The summed E-state index contributed by atoms with van der Waals surface area (Å²) in [5.74, 6) is 0.691. The minimum Gasteiger partial charge on any atom is -0.496 e. The molecule has 1 rings (SSSR count). The molecule has 0 spiro atoms. The zero-order chi connectivity index (χ0) is 14.1. The molecular weight excluding hydrogens is 246 g/mol. The van der Waals surface area contributed by atoms with Gasteiger partial charge >= 0.3 is 0 Å². The van der Waals surface area contributed by atoms with Gasteiger partial charge in [0, 0.05) is 18.7 Å². The van der Waals surface area contributed by atoms with Gasteiger partial charge in [0.1, 0.15) is 5.75 Å². The molecule has 5 heteroatoms. The molecule has 1 unspecified atom stereocenters. The molecule has 0 heterocycles. The van der Waals surface area contributed by atoms with Crippen LogP contribution >= 0.6 is 0 Å². The Morgan fingerprint density at radius 1 is 1.32 bits per heavy atom. The number of aryl methyl sites for hydroxylation is 1. The van der Waals surface area contributed by atoms with Crippen LogP contribution in [0, 0.1) is 6.92 Å². The van der Waals surface area contributed by atoms with E-state index in [0.717, 1.165) is 11.1 Å². The lowest BCUT2D eigenvalue weighted by Gasteiger charge is -2.16. The van der Waals surface area contributed by atoms with Crippen LogP contribution in [0.2, 0.25) is 0 Å². The molecule has 1 aromatic carbocycles. The first-order valence-corrected chi connectivity index (χ1v) is 6.41. The largest absolute Gasteiger partial charge is 0.496 e. The van der Waals surface area contributed by atoms with E-state index >= 15 is 0 Å². The normalized spacial score (nSPS) is 12.4. The topological polar surface area (TPSA) is 71.0 Å². The molecule has 0 bridgehead atoms. The number of aliphatic hydroxyl groups excluding tert-OH is 2. The molecule has 0 aromatic heterocycles. The van der Waals surface area contributed by atoms with Crippen molar-refractivity contribution in [1.82, 2.24) is 5.32 Å². The van der Waals surface area contributed by atoms with Crippen molar-refractivity contribution in [3.05, 3.63) is 29.3 Å². The Balaban J connectivity index is 2.40.